The van der Waals surface area contributed by atoms with E-state index >= 15 is 0 Å². The minimum absolute atomic E-state index is 0.471. The molecule has 0 aliphatic heterocycles. The van der Waals surface area contributed by atoms with Gasteiger partial charge in [-0.15, -0.1) is 0 Å². The summed E-state index contributed by atoms with van der Waals surface area (Å²) in [5, 5.41) is 0. The van der Waals surface area contributed by atoms with Crippen LogP contribution in [0.2, 0.25) is 39.3 Å². The first kappa shape index (κ1) is 16.3. The maximum absolute atomic E-state index is 5.99. The van der Waals surface area contributed by atoms with Crippen LogP contribution in [0.25, 0.3) is 0 Å². The van der Waals surface area contributed by atoms with E-state index in [1.165, 1.54) is 0 Å². The van der Waals surface area contributed by atoms with Crippen molar-refractivity contribution in [2.75, 3.05) is 7.11 Å². The molecule has 0 fully saturated rings. The molecule has 5 heteroatoms. The highest BCUT2D eigenvalue weighted by Gasteiger charge is 2.26. The Hall–Kier alpha value is -0.686. The molecule has 0 aliphatic carbocycles. The quantitative estimate of drug-likeness (QED) is 0.415. The molecule has 0 aliphatic rings. The second-order valence-electron chi connectivity index (χ2n) is 6.03. The Kier molecular flexibility index (Phi) is 5.54. The third-order valence-corrected chi connectivity index (χ3v) is 3.18. The lowest BCUT2D eigenvalue weighted by atomic mass is 10.3. The van der Waals surface area contributed by atoms with Crippen molar-refractivity contribution in [3.63, 3.8) is 0 Å². The Morgan fingerprint density at radius 1 is 0.882 bits per heavy atom. The van der Waals surface area contributed by atoms with Gasteiger partial charge < -0.3 is 13.6 Å². The summed E-state index contributed by atoms with van der Waals surface area (Å²) in [4.78, 5) is 0. The molecule has 0 N–H and O–H groups in total. The van der Waals surface area contributed by atoms with E-state index in [9.17, 15) is 0 Å². The van der Waals surface area contributed by atoms with Crippen molar-refractivity contribution in [3.8, 4) is 0 Å². The molecule has 100 valence electrons. The summed E-state index contributed by atoms with van der Waals surface area (Å²) in [6.45, 7) is 18.5. The summed E-state index contributed by atoms with van der Waals surface area (Å²) in [7, 11) is -1.81. The van der Waals surface area contributed by atoms with Crippen LogP contribution in [-0.2, 0) is 13.6 Å². The number of rotatable bonds is 6. The summed E-state index contributed by atoms with van der Waals surface area (Å²) in [6.07, 6.45) is 0. The van der Waals surface area contributed by atoms with Crippen LogP contribution in [0.3, 0.4) is 0 Å². The van der Waals surface area contributed by atoms with Gasteiger partial charge >= 0.3 is 5.95 Å². The molecule has 17 heavy (non-hydrogen) atoms. The van der Waals surface area contributed by atoms with Gasteiger partial charge in [0.1, 0.15) is 0 Å². The second-order valence-corrected chi connectivity index (χ2v) is 14.9. The first-order chi connectivity index (χ1) is 7.46. The van der Waals surface area contributed by atoms with E-state index in [0.29, 0.717) is 11.7 Å². The topological polar surface area (TPSA) is 27.7 Å². The molecule has 0 atom stereocenters. The molecule has 0 saturated carbocycles. The van der Waals surface area contributed by atoms with Crippen LogP contribution in [0.1, 0.15) is 6.92 Å². The fraction of sp³-hybridized carbons (Fsp3) is 0.667. The Labute approximate surface area is 108 Å². The first-order valence-electron chi connectivity index (χ1n) is 5.78. The molecule has 0 radical (unpaired) electrons. The normalized spacial score (nSPS) is 13.9. The van der Waals surface area contributed by atoms with E-state index < -0.39 is 16.6 Å². The Balaban J connectivity index is 5.26. The molecule has 0 heterocycles. The van der Waals surface area contributed by atoms with Crippen molar-refractivity contribution in [3.05, 3.63) is 23.9 Å². The molecule has 0 aromatic heterocycles. The molecular formula is C12H26O3Si2. The van der Waals surface area contributed by atoms with Gasteiger partial charge in [-0.25, -0.2) is 0 Å². The van der Waals surface area contributed by atoms with E-state index in [0.717, 1.165) is 5.57 Å². The summed E-state index contributed by atoms with van der Waals surface area (Å²) in [5.41, 5.74) is 0.836. The molecule has 0 amide bonds. The highest BCUT2D eigenvalue weighted by molar-refractivity contribution is 6.70. The first-order valence-corrected chi connectivity index (χ1v) is 12.6. The summed E-state index contributed by atoms with van der Waals surface area (Å²) in [6, 6.07) is 0. The van der Waals surface area contributed by atoms with Gasteiger partial charge in [0.05, 0.1) is 7.11 Å². The molecular weight excluding hydrogens is 248 g/mol. The molecule has 0 aromatic carbocycles. The van der Waals surface area contributed by atoms with Crippen LogP contribution in [0.4, 0.5) is 0 Å². The van der Waals surface area contributed by atoms with E-state index in [-0.39, 0.29) is 0 Å². The van der Waals surface area contributed by atoms with Gasteiger partial charge in [0.15, 0.2) is 5.76 Å². The lowest BCUT2D eigenvalue weighted by Gasteiger charge is -2.27. The van der Waals surface area contributed by atoms with Crippen molar-refractivity contribution in [1.82, 2.24) is 0 Å². The van der Waals surface area contributed by atoms with Crippen LogP contribution < -0.4 is 0 Å². The molecule has 0 unspecified atom stereocenters. The number of hydrogen-bond donors (Lipinski definition) is 0. The Bertz CT molecular complexity index is 309. The van der Waals surface area contributed by atoms with Crippen molar-refractivity contribution in [1.29, 1.82) is 0 Å². The summed E-state index contributed by atoms with van der Waals surface area (Å²) < 4.78 is 17.2. The third-order valence-electron chi connectivity index (χ3n) is 1.57. The van der Waals surface area contributed by atoms with Gasteiger partial charge in [-0.05, 0) is 51.8 Å². The van der Waals surface area contributed by atoms with Crippen LogP contribution in [0, 0.1) is 0 Å². The van der Waals surface area contributed by atoms with E-state index in [1.807, 2.05) is 6.92 Å². The molecule has 3 nitrogen and oxygen atoms in total. The number of hydrogen-bond acceptors (Lipinski definition) is 3. The SMILES string of the molecule is C=C(C)C(O[Si](C)(C)C)=C(OC)O[Si](C)(C)C. The van der Waals surface area contributed by atoms with Gasteiger partial charge in [0.2, 0.25) is 16.6 Å². The van der Waals surface area contributed by atoms with Gasteiger partial charge in [-0.2, -0.15) is 0 Å². The van der Waals surface area contributed by atoms with Crippen molar-refractivity contribution in [2.24, 2.45) is 0 Å². The van der Waals surface area contributed by atoms with E-state index in [4.69, 9.17) is 13.6 Å². The lowest BCUT2D eigenvalue weighted by molar-refractivity contribution is 0.126. The Morgan fingerprint density at radius 3 is 1.53 bits per heavy atom. The maximum Gasteiger partial charge on any atom is 0.308 e. The lowest BCUT2D eigenvalue weighted by Crippen LogP contribution is -2.30. The van der Waals surface area contributed by atoms with Crippen LogP contribution >= 0.6 is 0 Å². The van der Waals surface area contributed by atoms with Crippen LogP contribution in [0.15, 0.2) is 23.9 Å². The molecule has 0 saturated heterocycles. The largest absolute Gasteiger partial charge is 0.539 e. The number of ether oxygens (including phenoxy) is 1. The fourth-order valence-electron chi connectivity index (χ4n) is 1.07. The second kappa shape index (κ2) is 5.77. The standard InChI is InChI=1S/C12H26O3Si2/c1-10(2)11(14-16(4,5)6)12(13-3)15-17(7,8)9/h1H2,2-9H3. The molecule has 0 spiro atoms. The summed E-state index contributed by atoms with van der Waals surface area (Å²) >= 11 is 0. The van der Waals surface area contributed by atoms with Crippen molar-refractivity contribution in [2.45, 2.75) is 46.2 Å². The smallest absolute Gasteiger partial charge is 0.308 e. The van der Waals surface area contributed by atoms with Crippen LogP contribution in [0.5, 0.6) is 0 Å². The minimum atomic E-state index is -1.71. The Morgan fingerprint density at radius 2 is 1.29 bits per heavy atom. The zero-order valence-electron chi connectivity index (χ0n) is 12.4. The molecule has 0 bridgehead atoms. The van der Waals surface area contributed by atoms with Gasteiger partial charge in [0.25, 0.3) is 0 Å². The van der Waals surface area contributed by atoms with E-state index in [2.05, 4.69) is 45.9 Å². The van der Waals surface area contributed by atoms with Gasteiger partial charge in [-0.3, -0.25) is 0 Å². The van der Waals surface area contributed by atoms with Gasteiger partial charge in [-0.1, -0.05) is 6.58 Å². The maximum atomic E-state index is 5.99. The predicted molar refractivity (Wildman–Crippen MR) is 77.7 cm³/mol. The summed E-state index contributed by atoms with van der Waals surface area (Å²) in [5.74, 6) is 1.13. The van der Waals surface area contributed by atoms with Crippen molar-refractivity contribution < 1.29 is 13.6 Å². The number of allylic oxidation sites excluding steroid dienone is 1. The highest BCUT2D eigenvalue weighted by Crippen LogP contribution is 2.23. The molecule has 0 aromatic rings. The zero-order chi connectivity index (χ0) is 13.9. The number of methoxy groups -OCH3 is 1. The van der Waals surface area contributed by atoms with E-state index in [1.54, 1.807) is 7.11 Å². The molecule has 0 rings (SSSR count). The average Bonchev–Trinajstić information content (AvgIpc) is 2.07. The fourth-order valence-corrected chi connectivity index (χ4v) is 2.67. The average molecular weight is 275 g/mol. The monoisotopic (exact) mass is 274 g/mol. The van der Waals surface area contributed by atoms with Gasteiger partial charge in [0, 0.05) is 0 Å². The third kappa shape index (κ3) is 7.28. The predicted octanol–water partition coefficient (Wildman–Crippen LogP) is 4.08. The minimum Gasteiger partial charge on any atom is -0.539 e. The van der Waals surface area contributed by atoms with Crippen LogP contribution in [-0.4, -0.2) is 23.7 Å². The highest BCUT2D eigenvalue weighted by atomic mass is 28.4. The zero-order valence-corrected chi connectivity index (χ0v) is 14.4. The van der Waals surface area contributed by atoms with Crippen molar-refractivity contribution >= 4 is 16.6 Å².